The van der Waals surface area contributed by atoms with Crippen molar-refractivity contribution in [1.82, 2.24) is 4.90 Å². The number of ether oxygens (including phenoxy) is 3. The van der Waals surface area contributed by atoms with E-state index < -0.39 is 0 Å². The molecule has 0 atom stereocenters. The first-order valence-corrected chi connectivity index (χ1v) is 9.28. The van der Waals surface area contributed by atoms with Gasteiger partial charge in [-0.15, -0.1) is 0 Å². The molecule has 2 aromatic rings. The molecule has 152 valence electrons. The molecular weight excluding hydrogens is 372 g/mol. The van der Waals surface area contributed by atoms with Gasteiger partial charge in [-0.25, -0.2) is 0 Å². The Kier molecular flexibility index (Phi) is 6.07. The summed E-state index contributed by atoms with van der Waals surface area (Å²) in [5.41, 5.74) is 1.75. The van der Waals surface area contributed by atoms with E-state index in [1.165, 1.54) is 12.0 Å². The highest BCUT2D eigenvalue weighted by atomic mass is 16.5. The van der Waals surface area contributed by atoms with Crippen LogP contribution in [-0.2, 0) is 9.59 Å². The first-order chi connectivity index (χ1) is 14.0. The minimum atomic E-state index is -0.357. The summed E-state index contributed by atoms with van der Waals surface area (Å²) >= 11 is 0. The number of hydrogen-bond acceptors (Lipinski definition) is 6. The molecule has 0 aromatic heterocycles. The molecule has 0 saturated heterocycles. The van der Waals surface area contributed by atoms with Gasteiger partial charge in [-0.1, -0.05) is 19.1 Å². The van der Waals surface area contributed by atoms with Gasteiger partial charge in [0.25, 0.3) is 11.8 Å². The molecule has 0 saturated carbocycles. The second kappa shape index (κ2) is 8.68. The van der Waals surface area contributed by atoms with E-state index in [1.807, 2.05) is 19.1 Å². The Morgan fingerprint density at radius 1 is 0.897 bits per heavy atom. The minimum Gasteiger partial charge on any atom is -0.497 e. The van der Waals surface area contributed by atoms with Crippen LogP contribution in [-0.4, -0.2) is 44.6 Å². The van der Waals surface area contributed by atoms with Crippen molar-refractivity contribution >= 4 is 23.1 Å². The topological polar surface area (TPSA) is 77.1 Å². The molecule has 1 aliphatic rings. The second-order valence-corrected chi connectivity index (χ2v) is 6.44. The van der Waals surface area contributed by atoms with Crippen LogP contribution in [0.25, 0.3) is 5.57 Å². The van der Waals surface area contributed by atoms with E-state index in [2.05, 4.69) is 5.32 Å². The van der Waals surface area contributed by atoms with Gasteiger partial charge in [-0.2, -0.15) is 0 Å². The third kappa shape index (κ3) is 3.89. The summed E-state index contributed by atoms with van der Waals surface area (Å²) in [5.74, 6) is 0.970. The monoisotopic (exact) mass is 396 g/mol. The fourth-order valence-corrected chi connectivity index (χ4v) is 3.22. The maximum Gasteiger partial charge on any atom is 0.278 e. The van der Waals surface area contributed by atoms with Crippen LogP contribution in [0.1, 0.15) is 18.9 Å². The van der Waals surface area contributed by atoms with Gasteiger partial charge < -0.3 is 19.5 Å². The summed E-state index contributed by atoms with van der Waals surface area (Å²) < 4.78 is 15.9. The zero-order chi connectivity index (χ0) is 21.0. The van der Waals surface area contributed by atoms with Crippen LogP contribution in [0.5, 0.6) is 17.2 Å². The molecule has 1 N–H and O–H groups in total. The highest BCUT2D eigenvalue weighted by molar-refractivity contribution is 6.36. The van der Waals surface area contributed by atoms with Crippen molar-refractivity contribution in [3.8, 4) is 17.2 Å². The number of benzene rings is 2. The van der Waals surface area contributed by atoms with Gasteiger partial charge in [0.05, 0.1) is 26.9 Å². The zero-order valence-electron chi connectivity index (χ0n) is 16.9. The second-order valence-electron chi connectivity index (χ2n) is 6.44. The van der Waals surface area contributed by atoms with Gasteiger partial charge in [0, 0.05) is 18.3 Å². The van der Waals surface area contributed by atoms with Crippen molar-refractivity contribution in [1.29, 1.82) is 0 Å². The molecule has 0 unspecified atom stereocenters. The largest absolute Gasteiger partial charge is 0.497 e. The minimum absolute atomic E-state index is 0.226. The Hall–Kier alpha value is -3.48. The third-order valence-electron chi connectivity index (χ3n) is 4.63. The van der Waals surface area contributed by atoms with Crippen LogP contribution in [0.3, 0.4) is 0 Å². The highest BCUT2D eigenvalue weighted by Gasteiger charge is 2.39. The maximum absolute atomic E-state index is 13.1. The van der Waals surface area contributed by atoms with Crippen molar-refractivity contribution < 1.29 is 23.8 Å². The van der Waals surface area contributed by atoms with Crippen molar-refractivity contribution in [2.24, 2.45) is 0 Å². The number of nitrogens with zero attached hydrogens (tertiary/aromatic N) is 1. The van der Waals surface area contributed by atoms with E-state index in [4.69, 9.17) is 14.2 Å². The number of imide groups is 1. The van der Waals surface area contributed by atoms with E-state index in [0.29, 0.717) is 47.0 Å². The number of nitrogens with one attached hydrogen (secondary N) is 1. The van der Waals surface area contributed by atoms with E-state index in [1.54, 1.807) is 44.6 Å². The normalized spacial score (nSPS) is 13.7. The van der Waals surface area contributed by atoms with Gasteiger partial charge >= 0.3 is 0 Å². The van der Waals surface area contributed by atoms with E-state index in [9.17, 15) is 9.59 Å². The van der Waals surface area contributed by atoms with Gasteiger partial charge in [-0.3, -0.25) is 14.5 Å². The number of hydrogen-bond donors (Lipinski definition) is 1. The summed E-state index contributed by atoms with van der Waals surface area (Å²) in [4.78, 5) is 27.4. The molecule has 0 radical (unpaired) electrons. The predicted octanol–water partition coefficient (Wildman–Crippen LogP) is 3.31. The molecular formula is C22H24N2O5. The molecule has 1 heterocycles. The Bertz CT molecular complexity index is 967. The first-order valence-electron chi connectivity index (χ1n) is 9.28. The molecule has 1 aliphatic heterocycles. The average Bonchev–Trinajstić information content (AvgIpc) is 2.98. The summed E-state index contributed by atoms with van der Waals surface area (Å²) in [6.07, 6.45) is 0.670. The van der Waals surface area contributed by atoms with Gasteiger partial charge in [0.2, 0.25) is 0 Å². The van der Waals surface area contributed by atoms with E-state index >= 15 is 0 Å². The van der Waals surface area contributed by atoms with Gasteiger partial charge in [-0.05, 0) is 36.2 Å². The molecule has 3 rings (SSSR count). The van der Waals surface area contributed by atoms with Crippen molar-refractivity contribution in [2.75, 3.05) is 33.2 Å². The lowest BCUT2D eigenvalue weighted by Crippen LogP contribution is -2.33. The molecule has 0 fully saturated rings. The first kappa shape index (κ1) is 20.3. The maximum atomic E-state index is 13.1. The van der Waals surface area contributed by atoms with Crippen molar-refractivity contribution in [3.05, 3.63) is 53.7 Å². The number of rotatable bonds is 8. The number of methoxy groups -OCH3 is 3. The lowest BCUT2D eigenvalue weighted by atomic mass is 10.0. The number of carbonyl (C=O) groups excluding carboxylic acids is 2. The van der Waals surface area contributed by atoms with Crippen LogP contribution in [0.4, 0.5) is 5.69 Å². The smallest absolute Gasteiger partial charge is 0.278 e. The number of amides is 2. The van der Waals surface area contributed by atoms with Crippen LogP contribution in [0.2, 0.25) is 0 Å². The van der Waals surface area contributed by atoms with Gasteiger partial charge in [0.15, 0.2) is 11.5 Å². The summed E-state index contributed by atoms with van der Waals surface area (Å²) in [5, 5.41) is 3.11. The Morgan fingerprint density at radius 2 is 1.66 bits per heavy atom. The van der Waals surface area contributed by atoms with Crippen LogP contribution >= 0.6 is 0 Å². The fraction of sp³-hybridized carbons (Fsp3) is 0.273. The quantitative estimate of drug-likeness (QED) is 0.690. The lowest BCUT2D eigenvalue weighted by Gasteiger charge is -2.14. The number of anilines is 1. The Balaban J connectivity index is 2.10. The Labute approximate surface area is 169 Å². The van der Waals surface area contributed by atoms with Crippen LogP contribution in [0, 0.1) is 0 Å². The van der Waals surface area contributed by atoms with Gasteiger partial charge in [0.1, 0.15) is 11.4 Å². The van der Waals surface area contributed by atoms with E-state index in [0.717, 1.165) is 0 Å². The van der Waals surface area contributed by atoms with Crippen molar-refractivity contribution in [3.63, 3.8) is 0 Å². The average molecular weight is 396 g/mol. The molecule has 0 spiro atoms. The lowest BCUT2D eigenvalue weighted by molar-refractivity contribution is -0.136. The molecule has 0 aliphatic carbocycles. The summed E-state index contributed by atoms with van der Waals surface area (Å²) in [7, 11) is 4.64. The highest BCUT2D eigenvalue weighted by Crippen LogP contribution is 2.36. The zero-order valence-corrected chi connectivity index (χ0v) is 16.9. The molecule has 0 bridgehead atoms. The summed E-state index contributed by atoms with van der Waals surface area (Å²) in [6, 6.07) is 12.3. The van der Waals surface area contributed by atoms with Crippen LogP contribution in [0.15, 0.2) is 48.2 Å². The third-order valence-corrected chi connectivity index (χ3v) is 4.63. The van der Waals surface area contributed by atoms with Crippen LogP contribution < -0.4 is 19.5 Å². The molecule has 7 heteroatoms. The summed E-state index contributed by atoms with van der Waals surface area (Å²) in [6.45, 7) is 2.27. The van der Waals surface area contributed by atoms with E-state index in [-0.39, 0.29) is 17.5 Å². The SMILES string of the molecule is CCCN1C(=O)C(Nc2cccc(OC)c2)=C(c2ccc(OC)c(OC)c2)C1=O. The standard InChI is InChI=1S/C22H24N2O5/c1-5-11-24-21(25)19(14-9-10-17(28-3)18(12-14)29-4)20(22(24)26)23-15-7-6-8-16(13-15)27-2/h6-10,12-13,23H,5,11H2,1-4H3. The number of carbonyl (C=O) groups is 2. The van der Waals surface area contributed by atoms with Crippen molar-refractivity contribution in [2.45, 2.75) is 13.3 Å². The molecule has 29 heavy (non-hydrogen) atoms. The molecule has 7 nitrogen and oxygen atoms in total. The molecule has 2 amide bonds. The fourth-order valence-electron chi connectivity index (χ4n) is 3.22. The predicted molar refractivity (Wildman–Crippen MR) is 110 cm³/mol. The molecule has 2 aromatic carbocycles. The Morgan fingerprint density at radius 3 is 2.31 bits per heavy atom.